The third kappa shape index (κ3) is 5.54. The molecule has 2 aliphatic rings. The van der Waals surface area contributed by atoms with Crippen LogP contribution in [-0.2, 0) is 0 Å². The minimum Gasteiger partial charge on any atom is -0.312 e. The van der Waals surface area contributed by atoms with Gasteiger partial charge in [-0.3, -0.25) is 0 Å². The monoisotopic (exact) mass is 295 g/mol. The Morgan fingerprint density at radius 3 is 2.52 bits per heavy atom. The van der Waals surface area contributed by atoms with Crippen molar-refractivity contribution in [1.82, 2.24) is 15.1 Å². The van der Waals surface area contributed by atoms with Gasteiger partial charge in [0.1, 0.15) is 0 Å². The normalized spacial score (nSPS) is 28.4. The molecule has 0 amide bonds. The van der Waals surface area contributed by atoms with Crippen molar-refractivity contribution in [3.8, 4) is 0 Å². The average Bonchev–Trinajstić information content (AvgIpc) is 2.66. The van der Waals surface area contributed by atoms with E-state index in [0.29, 0.717) is 12.1 Å². The van der Waals surface area contributed by atoms with Crippen LogP contribution in [0.3, 0.4) is 0 Å². The largest absolute Gasteiger partial charge is 0.312 e. The topological polar surface area (TPSA) is 18.5 Å². The standard InChI is InChI=1S/C18H37N3/c1-4-11-19-17(14-16-9-6-5-7-10-16)18-15-20(2)12-8-13-21(18)3/h16-19H,4-15H2,1-3H3. The number of hydrogen-bond acceptors (Lipinski definition) is 3. The number of nitrogens with zero attached hydrogens (tertiary/aromatic N) is 2. The Morgan fingerprint density at radius 2 is 1.81 bits per heavy atom. The Kier molecular flexibility index (Phi) is 7.48. The summed E-state index contributed by atoms with van der Waals surface area (Å²) in [5, 5.41) is 3.90. The molecule has 0 spiro atoms. The van der Waals surface area contributed by atoms with Gasteiger partial charge in [0, 0.05) is 18.6 Å². The van der Waals surface area contributed by atoms with Crippen LogP contribution < -0.4 is 5.32 Å². The summed E-state index contributed by atoms with van der Waals surface area (Å²) < 4.78 is 0. The van der Waals surface area contributed by atoms with Crippen LogP contribution >= 0.6 is 0 Å². The van der Waals surface area contributed by atoms with Gasteiger partial charge in [0.25, 0.3) is 0 Å². The van der Waals surface area contributed by atoms with E-state index in [0.717, 1.165) is 5.92 Å². The first kappa shape index (κ1) is 17.2. The summed E-state index contributed by atoms with van der Waals surface area (Å²) >= 11 is 0. The summed E-state index contributed by atoms with van der Waals surface area (Å²) in [6.07, 6.45) is 11.3. The lowest BCUT2D eigenvalue weighted by atomic mass is 9.83. The number of hydrogen-bond donors (Lipinski definition) is 1. The Balaban J connectivity index is 1.97. The molecule has 2 fully saturated rings. The van der Waals surface area contributed by atoms with Crippen LogP contribution in [0.25, 0.3) is 0 Å². The minimum atomic E-state index is 0.679. The van der Waals surface area contributed by atoms with Crippen LogP contribution in [-0.4, -0.2) is 62.2 Å². The van der Waals surface area contributed by atoms with Gasteiger partial charge >= 0.3 is 0 Å². The van der Waals surface area contributed by atoms with Crippen molar-refractivity contribution < 1.29 is 0 Å². The van der Waals surface area contributed by atoms with Crippen molar-refractivity contribution in [2.24, 2.45) is 5.92 Å². The molecule has 21 heavy (non-hydrogen) atoms. The zero-order chi connectivity index (χ0) is 15.1. The van der Waals surface area contributed by atoms with Crippen molar-refractivity contribution in [2.45, 2.75) is 70.4 Å². The molecular formula is C18H37N3. The highest BCUT2D eigenvalue weighted by Crippen LogP contribution is 2.29. The fourth-order valence-electron chi connectivity index (χ4n) is 4.23. The molecule has 2 rings (SSSR count). The molecule has 0 aromatic carbocycles. The van der Waals surface area contributed by atoms with Crippen molar-refractivity contribution in [2.75, 3.05) is 40.3 Å². The van der Waals surface area contributed by atoms with Gasteiger partial charge in [-0.05, 0) is 58.9 Å². The van der Waals surface area contributed by atoms with Gasteiger partial charge in [0.15, 0.2) is 0 Å². The van der Waals surface area contributed by atoms with Crippen molar-refractivity contribution in [3.63, 3.8) is 0 Å². The van der Waals surface area contributed by atoms with Gasteiger partial charge in [0.2, 0.25) is 0 Å². The van der Waals surface area contributed by atoms with Crippen LogP contribution in [0.4, 0.5) is 0 Å². The predicted molar refractivity (Wildman–Crippen MR) is 91.8 cm³/mol. The lowest BCUT2D eigenvalue weighted by Crippen LogP contribution is -2.53. The Morgan fingerprint density at radius 1 is 1.05 bits per heavy atom. The maximum Gasteiger partial charge on any atom is 0.0373 e. The molecule has 124 valence electrons. The average molecular weight is 296 g/mol. The van der Waals surface area contributed by atoms with E-state index in [2.05, 4.69) is 36.1 Å². The van der Waals surface area contributed by atoms with E-state index in [-0.39, 0.29) is 0 Å². The van der Waals surface area contributed by atoms with E-state index in [1.807, 2.05) is 0 Å². The first-order chi connectivity index (χ1) is 10.2. The van der Waals surface area contributed by atoms with Gasteiger partial charge in [-0.2, -0.15) is 0 Å². The van der Waals surface area contributed by atoms with E-state index in [1.54, 1.807) is 0 Å². The van der Waals surface area contributed by atoms with E-state index < -0.39 is 0 Å². The molecule has 0 aromatic rings. The lowest BCUT2D eigenvalue weighted by Gasteiger charge is -2.37. The van der Waals surface area contributed by atoms with Crippen molar-refractivity contribution >= 4 is 0 Å². The predicted octanol–water partition coefficient (Wildman–Crippen LogP) is 2.96. The molecule has 0 aromatic heterocycles. The van der Waals surface area contributed by atoms with Gasteiger partial charge in [-0.15, -0.1) is 0 Å². The van der Waals surface area contributed by atoms with E-state index >= 15 is 0 Å². The summed E-state index contributed by atoms with van der Waals surface area (Å²) in [6.45, 7) is 7.19. The van der Waals surface area contributed by atoms with E-state index in [4.69, 9.17) is 0 Å². The van der Waals surface area contributed by atoms with Gasteiger partial charge in [0.05, 0.1) is 0 Å². The fraction of sp³-hybridized carbons (Fsp3) is 1.00. The summed E-state index contributed by atoms with van der Waals surface area (Å²) in [6, 6.07) is 1.37. The number of likely N-dealkylation sites (N-methyl/N-ethyl adjacent to an activating group) is 2. The van der Waals surface area contributed by atoms with Gasteiger partial charge in [-0.25, -0.2) is 0 Å². The van der Waals surface area contributed by atoms with Crippen LogP contribution in [0.2, 0.25) is 0 Å². The molecule has 3 heteroatoms. The molecule has 2 unspecified atom stereocenters. The molecule has 1 aliphatic carbocycles. The van der Waals surface area contributed by atoms with Gasteiger partial charge < -0.3 is 15.1 Å². The Labute approximate surface area is 132 Å². The van der Waals surface area contributed by atoms with Crippen LogP contribution in [0, 0.1) is 5.92 Å². The first-order valence-electron chi connectivity index (χ1n) is 9.33. The molecule has 1 N–H and O–H groups in total. The van der Waals surface area contributed by atoms with Crippen LogP contribution in [0.1, 0.15) is 58.3 Å². The molecular weight excluding hydrogens is 258 g/mol. The van der Waals surface area contributed by atoms with Crippen LogP contribution in [0.5, 0.6) is 0 Å². The van der Waals surface area contributed by atoms with E-state index in [9.17, 15) is 0 Å². The van der Waals surface area contributed by atoms with Gasteiger partial charge in [-0.1, -0.05) is 39.0 Å². The molecule has 1 saturated heterocycles. The highest BCUT2D eigenvalue weighted by Gasteiger charge is 2.30. The zero-order valence-corrected chi connectivity index (χ0v) is 14.6. The quantitative estimate of drug-likeness (QED) is 0.813. The Hall–Kier alpha value is -0.120. The molecule has 1 heterocycles. The summed E-state index contributed by atoms with van der Waals surface area (Å²) in [7, 11) is 4.63. The molecule has 0 radical (unpaired) electrons. The lowest BCUT2D eigenvalue weighted by molar-refractivity contribution is 0.153. The first-order valence-corrected chi connectivity index (χ1v) is 9.33. The second kappa shape index (κ2) is 9.12. The molecule has 0 bridgehead atoms. The van der Waals surface area contributed by atoms with Crippen LogP contribution in [0.15, 0.2) is 0 Å². The highest BCUT2D eigenvalue weighted by atomic mass is 15.2. The molecule has 2 atom stereocenters. The Bertz CT molecular complexity index is 276. The van der Waals surface area contributed by atoms with E-state index in [1.165, 1.54) is 77.5 Å². The molecule has 1 aliphatic heterocycles. The SMILES string of the molecule is CCCNC(CC1CCCCC1)C1CN(C)CCCN1C. The molecule has 3 nitrogen and oxygen atoms in total. The van der Waals surface area contributed by atoms with Crippen molar-refractivity contribution in [1.29, 1.82) is 0 Å². The minimum absolute atomic E-state index is 0.679. The summed E-state index contributed by atoms with van der Waals surface area (Å²) in [4.78, 5) is 5.16. The smallest absolute Gasteiger partial charge is 0.0373 e. The fourth-order valence-corrected chi connectivity index (χ4v) is 4.23. The highest BCUT2D eigenvalue weighted by molar-refractivity contribution is 4.89. The number of nitrogens with one attached hydrogen (secondary N) is 1. The summed E-state index contributed by atoms with van der Waals surface area (Å²) in [5.41, 5.74) is 0. The third-order valence-electron chi connectivity index (χ3n) is 5.55. The zero-order valence-electron chi connectivity index (χ0n) is 14.6. The summed E-state index contributed by atoms with van der Waals surface area (Å²) in [5.74, 6) is 0.968. The third-order valence-corrected chi connectivity index (χ3v) is 5.55. The maximum atomic E-state index is 3.90. The second-order valence-electron chi connectivity index (χ2n) is 7.46. The second-order valence-corrected chi connectivity index (χ2v) is 7.46. The van der Waals surface area contributed by atoms with Crippen molar-refractivity contribution in [3.05, 3.63) is 0 Å². The number of rotatable bonds is 6. The molecule has 1 saturated carbocycles. The maximum absolute atomic E-state index is 3.90.